The number of hydrogen-bond donors (Lipinski definition) is 2. The fourth-order valence-corrected chi connectivity index (χ4v) is 1.77. The lowest BCUT2D eigenvalue weighted by atomic mass is 9.93. The number of urea groups is 1. The Balaban J connectivity index is 2.40. The summed E-state index contributed by atoms with van der Waals surface area (Å²) < 4.78 is 4.68. The molecule has 1 aliphatic carbocycles. The first kappa shape index (κ1) is 13.8. The van der Waals surface area contributed by atoms with Crippen LogP contribution < -0.4 is 10.6 Å². The van der Waals surface area contributed by atoms with E-state index in [4.69, 9.17) is 0 Å². The third kappa shape index (κ3) is 4.63. The minimum absolute atomic E-state index is 0.271. The predicted molar refractivity (Wildman–Crippen MR) is 64.6 cm³/mol. The Morgan fingerprint density at radius 1 is 1.35 bits per heavy atom. The van der Waals surface area contributed by atoms with Crippen molar-refractivity contribution in [2.24, 2.45) is 5.92 Å². The Kier molecular flexibility index (Phi) is 5.25. The summed E-state index contributed by atoms with van der Waals surface area (Å²) in [7, 11) is 1.33. The maximum Gasteiger partial charge on any atom is 0.328 e. The van der Waals surface area contributed by atoms with Gasteiger partial charge in [-0.3, -0.25) is 0 Å². The monoisotopic (exact) mass is 242 g/mol. The van der Waals surface area contributed by atoms with Gasteiger partial charge in [0.25, 0.3) is 0 Å². The highest BCUT2D eigenvalue weighted by atomic mass is 16.5. The molecule has 1 unspecified atom stereocenters. The zero-order chi connectivity index (χ0) is 12.8. The summed E-state index contributed by atoms with van der Waals surface area (Å²) in [6.45, 7) is 4.00. The molecule has 1 fully saturated rings. The molecule has 0 aromatic carbocycles. The molecule has 0 heterocycles. The summed E-state index contributed by atoms with van der Waals surface area (Å²) in [5, 5.41) is 5.51. The third-order valence-electron chi connectivity index (χ3n) is 2.94. The van der Waals surface area contributed by atoms with Gasteiger partial charge in [0.1, 0.15) is 6.04 Å². The molecule has 1 saturated carbocycles. The summed E-state index contributed by atoms with van der Waals surface area (Å²) in [6, 6.07) is -0.557. The highest BCUT2D eigenvalue weighted by Crippen LogP contribution is 2.17. The molecule has 17 heavy (non-hydrogen) atoms. The van der Waals surface area contributed by atoms with Crippen LogP contribution in [0.15, 0.2) is 0 Å². The molecule has 0 aromatic heterocycles. The SMILES string of the molecule is COC(=O)C(CC(C)C)NC(=O)NC1CCC1. The maximum atomic E-state index is 11.6. The van der Waals surface area contributed by atoms with Crippen LogP contribution in [0.25, 0.3) is 0 Å². The number of ether oxygens (including phenoxy) is 1. The quantitative estimate of drug-likeness (QED) is 0.717. The first-order valence-corrected chi connectivity index (χ1v) is 6.17. The molecule has 1 rings (SSSR count). The maximum absolute atomic E-state index is 11.6. The van der Waals surface area contributed by atoms with E-state index < -0.39 is 6.04 Å². The Bertz CT molecular complexity index is 275. The minimum Gasteiger partial charge on any atom is -0.467 e. The van der Waals surface area contributed by atoms with Gasteiger partial charge in [-0.2, -0.15) is 0 Å². The van der Waals surface area contributed by atoms with Crippen LogP contribution in [-0.4, -0.2) is 31.2 Å². The molecule has 5 heteroatoms. The van der Waals surface area contributed by atoms with E-state index in [9.17, 15) is 9.59 Å². The molecule has 5 nitrogen and oxygen atoms in total. The van der Waals surface area contributed by atoms with Crippen LogP contribution in [0.1, 0.15) is 39.5 Å². The van der Waals surface area contributed by atoms with Crippen LogP contribution >= 0.6 is 0 Å². The zero-order valence-electron chi connectivity index (χ0n) is 10.8. The minimum atomic E-state index is -0.555. The van der Waals surface area contributed by atoms with Gasteiger partial charge in [0.15, 0.2) is 0 Å². The van der Waals surface area contributed by atoms with Crippen molar-refractivity contribution >= 4 is 12.0 Å². The van der Waals surface area contributed by atoms with Crippen LogP contribution in [-0.2, 0) is 9.53 Å². The van der Waals surface area contributed by atoms with Crippen LogP contribution in [0.5, 0.6) is 0 Å². The molecule has 2 N–H and O–H groups in total. The van der Waals surface area contributed by atoms with Gasteiger partial charge >= 0.3 is 12.0 Å². The topological polar surface area (TPSA) is 67.4 Å². The number of esters is 1. The van der Waals surface area contributed by atoms with Gasteiger partial charge in [-0.25, -0.2) is 9.59 Å². The van der Waals surface area contributed by atoms with Crippen LogP contribution in [0.3, 0.4) is 0 Å². The van der Waals surface area contributed by atoms with E-state index in [2.05, 4.69) is 15.4 Å². The average molecular weight is 242 g/mol. The molecule has 0 bridgehead atoms. The Morgan fingerprint density at radius 2 is 2.00 bits per heavy atom. The van der Waals surface area contributed by atoms with Crippen molar-refractivity contribution in [1.29, 1.82) is 0 Å². The lowest BCUT2D eigenvalue weighted by Gasteiger charge is -2.27. The first-order valence-electron chi connectivity index (χ1n) is 6.17. The van der Waals surface area contributed by atoms with Crippen molar-refractivity contribution in [3.63, 3.8) is 0 Å². The molecule has 98 valence electrons. The lowest BCUT2D eigenvalue weighted by molar-refractivity contribution is -0.143. The molecule has 0 aromatic rings. The molecule has 1 atom stereocenters. The van der Waals surface area contributed by atoms with Crippen molar-refractivity contribution in [1.82, 2.24) is 10.6 Å². The molecule has 0 spiro atoms. The average Bonchev–Trinajstić information content (AvgIpc) is 2.21. The Labute approximate surface area is 102 Å². The number of carbonyl (C=O) groups excluding carboxylic acids is 2. The van der Waals surface area contributed by atoms with Crippen LogP contribution in [0.4, 0.5) is 4.79 Å². The third-order valence-corrected chi connectivity index (χ3v) is 2.94. The molecule has 0 radical (unpaired) electrons. The summed E-state index contributed by atoms with van der Waals surface area (Å²) in [6.07, 6.45) is 3.81. The second-order valence-corrected chi connectivity index (χ2v) is 4.95. The number of amides is 2. The first-order chi connectivity index (χ1) is 8.02. The zero-order valence-corrected chi connectivity index (χ0v) is 10.8. The predicted octanol–water partition coefficient (Wildman–Crippen LogP) is 1.43. The van der Waals surface area contributed by atoms with Gasteiger partial charge in [-0.05, 0) is 31.6 Å². The van der Waals surface area contributed by atoms with E-state index in [1.807, 2.05) is 13.8 Å². The van der Waals surface area contributed by atoms with E-state index in [0.29, 0.717) is 12.3 Å². The molecule has 1 aliphatic rings. The van der Waals surface area contributed by atoms with E-state index in [0.717, 1.165) is 19.3 Å². The van der Waals surface area contributed by atoms with E-state index in [-0.39, 0.29) is 18.0 Å². The van der Waals surface area contributed by atoms with Crippen LogP contribution in [0, 0.1) is 5.92 Å². The molecule has 0 saturated heterocycles. The standard InChI is InChI=1S/C12H22N2O3/c1-8(2)7-10(11(15)17-3)14-12(16)13-9-5-4-6-9/h8-10H,4-7H2,1-3H3,(H2,13,14,16). The van der Waals surface area contributed by atoms with Gasteiger partial charge in [0, 0.05) is 6.04 Å². The Morgan fingerprint density at radius 3 is 2.41 bits per heavy atom. The molecule has 0 aliphatic heterocycles. The van der Waals surface area contributed by atoms with Crippen molar-refractivity contribution in [2.45, 2.75) is 51.6 Å². The number of nitrogens with one attached hydrogen (secondary N) is 2. The number of hydrogen-bond acceptors (Lipinski definition) is 3. The van der Waals surface area contributed by atoms with Crippen molar-refractivity contribution in [3.05, 3.63) is 0 Å². The second-order valence-electron chi connectivity index (χ2n) is 4.95. The fraction of sp³-hybridized carbons (Fsp3) is 0.833. The van der Waals surface area contributed by atoms with Gasteiger partial charge in [-0.1, -0.05) is 13.8 Å². The van der Waals surface area contributed by atoms with E-state index >= 15 is 0 Å². The van der Waals surface area contributed by atoms with Gasteiger partial charge in [-0.15, -0.1) is 0 Å². The van der Waals surface area contributed by atoms with Gasteiger partial charge in [0.05, 0.1) is 7.11 Å². The molecule has 2 amide bonds. The molecular weight excluding hydrogens is 220 g/mol. The highest BCUT2D eigenvalue weighted by Gasteiger charge is 2.25. The fourth-order valence-electron chi connectivity index (χ4n) is 1.77. The van der Waals surface area contributed by atoms with Gasteiger partial charge < -0.3 is 15.4 Å². The highest BCUT2D eigenvalue weighted by molar-refractivity contribution is 5.83. The number of carbonyl (C=O) groups is 2. The normalized spacial score (nSPS) is 17.2. The van der Waals surface area contributed by atoms with Gasteiger partial charge in [0.2, 0.25) is 0 Å². The summed E-state index contributed by atoms with van der Waals surface area (Å²) in [4.78, 5) is 23.1. The van der Waals surface area contributed by atoms with Crippen molar-refractivity contribution in [3.8, 4) is 0 Å². The van der Waals surface area contributed by atoms with Crippen molar-refractivity contribution in [2.75, 3.05) is 7.11 Å². The van der Waals surface area contributed by atoms with E-state index in [1.165, 1.54) is 7.11 Å². The number of methoxy groups -OCH3 is 1. The lowest BCUT2D eigenvalue weighted by Crippen LogP contribution is -2.51. The second kappa shape index (κ2) is 6.47. The number of rotatable bonds is 5. The smallest absolute Gasteiger partial charge is 0.328 e. The summed E-state index contributed by atoms with van der Waals surface area (Å²) in [5.74, 6) is -0.0643. The van der Waals surface area contributed by atoms with Crippen molar-refractivity contribution < 1.29 is 14.3 Å². The summed E-state index contributed by atoms with van der Waals surface area (Å²) in [5.41, 5.74) is 0. The van der Waals surface area contributed by atoms with E-state index in [1.54, 1.807) is 0 Å². The Hall–Kier alpha value is -1.26. The van der Waals surface area contributed by atoms with Crippen LogP contribution in [0.2, 0.25) is 0 Å². The molecular formula is C12H22N2O3. The summed E-state index contributed by atoms with van der Waals surface area (Å²) >= 11 is 0. The largest absolute Gasteiger partial charge is 0.467 e.